The lowest BCUT2D eigenvalue weighted by atomic mass is 10.2. The minimum absolute atomic E-state index is 0.0259. The molecule has 3 rings (SSSR count). The first kappa shape index (κ1) is 20.9. The van der Waals surface area contributed by atoms with Crippen LogP contribution in [0.2, 0.25) is 5.02 Å². The highest BCUT2D eigenvalue weighted by Gasteiger charge is 2.20. The Morgan fingerprint density at radius 1 is 0.931 bits per heavy atom. The molecule has 29 heavy (non-hydrogen) atoms. The van der Waals surface area contributed by atoms with Crippen LogP contribution < -0.4 is 10.0 Å². The molecule has 5 nitrogen and oxygen atoms in total. The van der Waals surface area contributed by atoms with Gasteiger partial charge in [-0.2, -0.15) is 0 Å². The summed E-state index contributed by atoms with van der Waals surface area (Å²) in [6.45, 7) is 0.0259. The van der Waals surface area contributed by atoms with E-state index in [2.05, 4.69) is 10.0 Å². The topological polar surface area (TPSA) is 75.3 Å². The molecule has 2 N–H and O–H groups in total. The van der Waals surface area contributed by atoms with Crippen LogP contribution in [0.3, 0.4) is 0 Å². The predicted molar refractivity (Wildman–Crippen MR) is 106 cm³/mol. The van der Waals surface area contributed by atoms with E-state index in [1.165, 1.54) is 12.1 Å². The third-order valence-corrected chi connectivity index (χ3v) is 5.62. The van der Waals surface area contributed by atoms with Crippen molar-refractivity contribution in [2.75, 3.05) is 5.32 Å². The predicted octanol–water partition coefficient (Wildman–Crippen LogP) is 4.35. The highest BCUT2D eigenvalue weighted by molar-refractivity contribution is 7.89. The Bertz CT molecular complexity index is 1160. The second-order valence-corrected chi connectivity index (χ2v) is 8.23. The van der Waals surface area contributed by atoms with Gasteiger partial charge < -0.3 is 5.32 Å². The van der Waals surface area contributed by atoms with Gasteiger partial charge in [0.1, 0.15) is 11.6 Å². The van der Waals surface area contributed by atoms with E-state index in [4.69, 9.17) is 11.6 Å². The lowest BCUT2D eigenvalue weighted by Crippen LogP contribution is -2.24. The summed E-state index contributed by atoms with van der Waals surface area (Å²) in [7, 11) is -4.01. The molecule has 9 heteroatoms. The van der Waals surface area contributed by atoms with Gasteiger partial charge in [-0.25, -0.2) is 21.9 Å². The number of benzene rings is 3. The van der Waals surface area contributed by atoms with E-state index < -0.39 is 33.1 Å². The molecule has 0 radical (unpaired) electrons. The quantitative estimate of drug-likeness (QED) is 0.603. The van der Waals surface area contributed by atoms with Gasteiger partial charge in [0.05, 0.1) is 16.1 Å². The van der Waals surface area contributed by atoms with Crippen molar-refractivity contribution >= 4 is 33.2 Å². The van der Waals surface area contributed by atoms with E-state index in [9.17, 15) is 22.0 Å². The third kappa shape index (κ3) is 5.17. The number of carbonyl (C=O) groups is 1. The second kappa shape index (κ2) is 8.69. The molecule has 0 spiro atoms. The van der Waals surface area contributed by atoms with Crippen LogP contribution in [0.5, 0.6) is 0 Å². The molecule has 0 bridgehead atoms. The zero-order valence-corrected chi connectivity index (χ0v) is 16.4. The maximum Gasteiger partial charge on any atom is 0.258 e. The summed E-state index contributed by atoms with van der Waals surface area (Å²) in [6, 6.07) is 15.2. The van der Waals surface area contributed by atoms with Gasteiger partial charge in [0.2, 0.25) is 10.0 Å². The van der Waals surface area contributed by atoms with E-state index in [0.29, 0.717) is 0 Å². The van der Waals surface area contributed by atoms with Crippen molar-refractivity contribution in [1.29, 1.82) is 0 Å². The number of halogens is 3. The first-order valence-corrected chi connectivity index (χ1v) is 10.2. The van der Waals surface area contributed by atoms with Crippen LogP contribution in [0.15, 0.2) is 71.6 Å². The summed E-state index contributed by atoms with van der Waals surface area (Å²) < 4.78 is 55.4. The van der Waals surface area contributed by atoms with E-state index in [1.54, 1.807) is 30.3 Å². The number of anilines is 1. The van der Waals surface area contributed by atoms with E-state index in [1.807, 2.05) is 0 Å². The van der Waals surface area contributed by atoms with Crippen molar-refractivity contribution in [2.24, 2.45) is 0 Å². The monoisotopic (exact) mass is 436 g/mol. The molecular formula is C20H15ClF2N2O3S. The number of rotatable bonds is 6. The molecule has 1 amide bonds. The Labute approximate surface area is 171 Å². The molecule has 3 aromatic rings. The highest BCUT2D eigenvalue weighted by Crippen LogP contribution is 2.21. The summed E-state index contributed by atoms with van der Waals surface area (Å²) in [5.74, 6) is -2.75. The molecule has 0 aliphatic rings. The van der Waals surface area contributed by atoms with Crippen LogP contribution in [-0.2, 0) is 16.6 Å². The highest BCUT2D eigenvalue weighted by atomic mass is 35.5. The number of carbonyl (C=O) groups excluding carboxylic acids is 1. The number of nitrogens with one attached hydrogen (secondary N) is 2. The average molecular weight is 437 g/mol. The molecule has 0 saturated heterocycles. The minimum Gasteiger partial charge on any atom is -0.319 e. The molecule has 0 aromatic heterocycles. The molecule has 150 valence electrons. The van der Waals surface area contributed by atoms with Gasteiger partial charge in [-0.3, -0.25) is 4.79 Å². The van der Waals surface area contributed by atoms with Crippen LogP contribution in [0.4, 0.5) is 14.5 Å². The molecule has 0 heterocycles. The Morgan fingerprint density at radius 2 is 1.66 bits per heavy atom. The maximum atomic E-state index is 14.1. The SMILES string of the molecule is O=C(Nc1ccc(Cl)cc1F)c1cc(S(=O)(=O)NCc2ccccc2)ccc1F. The lowest BCUT2D eigenvalue weighted by molar-refractivity contribution is 0.102. The minimum atomic E-state index is -4.01. The van der Waals surface area contributed by atoms with E-state index in [-0.39, 0.29) is 22.2 Å². The summed E-state index contributed by atoms with van der Waals surface area (Å²) in [5, 5.41) is 2.33. The summed E-state index contributed by atoms with van der Waals surface area (Å²) in [5.41, 5.74) is -0.0226. The number of hydrogen-bond acceptors (Lipinski definition) is 3. The molecule has 0 aliphatic carbocycles. The van der Waals surface area contributed by atoms with Gasteiger partial charge in [-0.05, 0) is 42.0 Å². The first-order chi connectivity index (χ1) is 13.8. The number of amides is 1. The standard InChI is InChI=1S/C20H15ClF2N2O3S/c21-14-6-9-19(18(23)10-14)25-20(26)16-11-15(7-8-17(16)22)29(27,28)24-12-13-4-2-1-3-5-13/h1-11,24H,12H2,(H,25,26). The van der Waals surface area contributed by atoms with Gasteiger partial charge in [-0.1, -0.05) is 41.9 Å². The lowest BCUT2D eigenvalue weighted by Gasteiger charge is -2.11. The van der Waals surface area contributed by atoms with Crippen molar-refractivity contribution in [2.45, 2.75) is 11.4 Å². The van der Waals surface area contributed by atoms with Crippen LogP contribution in [-0.4, -0.2) is 14.3 Å². The second-order valence-electron chi connectivity index (χ2n) is 6.03. The molecule has 0 aliphatic heterocycles. The van der Waals surface area contributed by atoms with E-state index in [0.717, 1.165) is 29.8 Å². The molecule has 0 atom stereocenters. The number of sulfonamides is 1. The molecule has 0 unspecified atom stereocenters. The van der Waals surface area contributed by atoms with Gasteiger partial charge >= 0.3 is 0 Å². The van der Waals surface area contributed by atoms with Gasteiger partial charge in [-0.15, -0.1) is 0 Å². The van der Waals surface area contributed by atoms with E-state index >= 15 is 0 Å². The molecule has 0 saturated carbocycles. The third-order valence-electron chi connectivity index (χ3n) is 3.98. The van der Waals surface area contributed by atoms with Gasteiger partial charge in [0, 0.05) is 11.6 Å². The fraction of sp³-hybridized carbons (Fsp3) is 0.0500. The molecular weight excluding hydrogens is 422 g/mol. The van der Waals surface area contributed by atoms with Crippen LogP contribution in [0, 0.1) is 11.6 Å². The Hall–Kier alpha value is -2.81. The normalized spacial score (nSPS) is 11.3. The Balaban J connectivity index is 1.82. The Morgan fingerprint density at radius 3 is 2.34 bits per heavy atom. The van der Waals surface area contributed by atoms with Gasteiger partial charge in [0.15, 0.2) is 0 Å². The summed E-state index contributed by atoms with van der Waals surface area (Å²) in [6.07, 6.45) is 0. The molecule has 0 fully saturated rings. The van der Waals surface area contributed by atoms with Crippen LogP contribution in [0.25, 0.3) is 0 Å². The average Bonchev–Trinajstić information content (AvgIpc) is 2.69. The maximum absolute atomic E-state index is 14.1. The van der Waals surface area contributed by atoms with Crippen molar-refractivity contribution in [3.8, 4) is 0 Å². The molecule has 3 aromatic carbocycles. The zero-order chi connectivity index (χ0) is 21.0. The fourth-order valence-electron chi connectivity index (χ4n) is 2.48. The van der Waals surface area contributed by atoms with Crippen LogP contribution in [0.1, 0.15) is 15.9 Å². The van der Waals surface area contributed by atoms with Crippen molar-refractivity contribution in [1.82, 2.24) is 4.72 Å². The van der Waals surface area contributed by atoms with Crippen molar-refractivity contribution < 1.29 is 22.0 Å². The summed E-state index contributed by atoms with van der Waals surface area (Å²) in [4.78, 5) is 12.1. The smallest absolute Gasteiger partial charge is 0.258 e. The van der Waals surface area contributed by atoms with Crippen LogP contribution >= 0.6 is 11.6 Å². The fourth-order valence-corrected chi connectivity index (χ4v) is 3.69. The zero-order valence-electron chi connectivity index (χ0n) is 14.8. The summed E-state index contributed by atoms with van der Waals surface area (Å²) >= 11 is 5.65. The first-order valence-electron chi connectivity index (χ1n) is 8.36. The van der Waals surface area contributed by atoms with Crippen molar-refractivity contribution in [3.63, 3.8) is 0 Å². The van der Waals surface area contributed by atoms with Crippen molar-refractivity contribution in [3.05, 3.63) is 94.5 Å². The largest absolute Gasteiger partial charge is 0.319 e. The number of hydrogen-bond donors (Lipinski definition) is 2. The Kier molecular flexibility index (Phi) is 6.26. The van der Waals surface area contributed by atoms with Gasteiger partial charge in [0.25, 0.3) is 5.91 Å².